The van der Waals surface area contributed by atoms with Gasteiger partial charge in [-0.15, -0.1) is 0 Å². The number of hydrogen-bond donors (Lipinski definition) is 2. The van der Waals surface area contributed by atoms with Gasteiger partial charge in [0.15, 0.2) is 0 Å². The molecule has 1 aromatic rings. The van der Waals surface area contributed by atoms with E-state index in [9.17, 15) is 4.79 Å². The van der Waals surface area contributed by atoms with Gasteiger partial charge in [-0.25, -0.2) is 4.79 Å². The van der Waals surface area contributed by atoms with Gasteiger partial charge >= 0.3 is 6.03 Å². The Kier molecular flexibility index (Phi) is 4.03. The maximum absolute atomic E-state index is 11.4. The lowest BCUT2D eigenvalue weighted by molar-refractivity contribution is 0.241. The molecular weight excluding hydrogens is 224 g/mol. The molecule has 0 bridgehead atoms. The van der Waals surface area contributed by atoms with E-state index in [1.165, 1.54) is 36.6 Å². The summed E-state index contributed by atoms with van der Waals surface area (Å²) in [4.78, 5) is 11.4. The van der Waals surface area contributed by atoms with Gasteiger partial charge in [0.05, 0.1) is 6.04 Å². The maximum atomic E-state index is 11.4. The Hall–Kier alpha value is -1.77. The zero-order chi connectivity index (χ0) is 13.0. The van der Waals surface area contributed by atoms with Crippen LogP contribution in [0.15, 0.2) is 31.0 Å². The molecule has 3 nitrogen and oxygen atoms in total. The molecule has 1 aliphatic carbocycles. The summed E-state index contributed by atoms with van der Waals surface area (Å²) in [6.07, 6.45) is 6.30. The Morgan fingerprint density at radius 1 is 1.33 bits per heavy atom. The highest BCUT2D eigenvalue weighted by molar-refractivity contribution is 5.75. The summed E-state index contributed by atoms with van der Waals surface area (Å²) in [6.45, 7) is 5.46. The molecule has 1 atom stereocenters. The molecule has 0 saturated heterocycles. The second-order valence-corrected chi connectivity index (χ2v) is 4.78. The van der Waals surface area contributed by atoms with Gasteiger partial charge in [-0.05, 0) is 55.5 Å². The van der Waals surface area contributed by atoms with Crippen molar-refractivity contribution >= 4 is 6.03 Å². The number of benzene rings is 1. The summed E-state index contributed by atoms with van der Waals surface area (Å²) in [6, 6.07) is 6.34. The van der Waals surface area contributed by atoms with E-state index in [0.717, 1.165) is 12.0 Å². The summed E-state index contributed by atoms with van der Waals surface area (Å²) < 4.78 is 0. The number of aryl methyl sites for hydroxylation is 2. The smallest absolute Gasteiger partial charge is 0.319 e. The van der Waals surface area contributed by atoms with Crippen LogP contribution in [0.2, 0.25) is 0 Å². The minimum absolute atomic E-state index is 0.0113. The van der Waals surface area contributed by atoms with Gasteiger partial charge in [0.1, 0.15) is 0 Å². The fourth-order valence-corrected chi connectivity index (χ4v) is 2.44. The summed E-state index contributed by atoms with van der Waals surface area (Å²) in [5, 5.41) is 5.40. The standard InChI is InChI=1S/C15H20N2O/c1-3-16-15(18)17-11(2)13-9-8-12-6-4-5-7-14(12)10-13/h3,8-11H,1,4-7H2,2H3,(H2,16,17,18). The van der Waals surface area contributed by atoms with Crippen LogP contribution in [0.25, 0.3) is 0 Å². The zero-order valence-electron chi connectivity index (χ0n) is 10.8. The van der Waals surface area contributed by atoms with Crippen LogP contribution in [0.5, 0.6) is 0 Å². The van der Waals surface area contributed by atoms with Crippen LogP contribution >= 0.6 is 0 Å². The highest BCUT2D eigenvalue weighted by Gasteiger charge is 2.13. The number of fused-ring (bicyclic) bond motifs is 1. The SMILES string of the molecule is C=CNC(=O)NC(C)c1ccc2c(c1)CCCC2. The lowest BCUT2D eigenvalue weighted by Crippen LogP contribution is -2.34. The molecule has 0 fully saturated rings. The lowest BCUT2D eigenvalue weighted by atomic mass is 9.89. The Morgan fingerprint density at radius 2 is 2.06 bits per heavy atom. The van der Waals surface area contributed by atoms with E-state index >= 15 is 0 Å². The van der Waals surface area contributed by atoms with Crippen LogP contribution in [-0.4, -0.2) is 6.03 Å². The fraction of sp³-hybridized carbons (Fsp3) is 0.400. The predicted octanol–water partition coefficient (Wildman–Crippen LogP) is 3.07. The molecule has 96 valence electrons. The molecule has 1 unspecified atom stereocenters. The monoisotopic (exact) mass is 244 g/mol. The van der Waals surface area contributed by atoms with Crippen LogP contribution in [0.4, 0.5) is 4.79 Å². The molecule has 0 aliphatic heterocycles. The van der Waals surface area contributed by atoms with E-state index in [0.29, 0.717) is 0 Å². The largest absolute Gasteiger partial charge is 0.331 e. The van der Waals surface area contributed by atoms with Gasteiger partial charge in [-0.2, -0.15) is 0 Å². The third-order valence-corrected chi connectivity index (χ3v) is 3.45. The number of nitrogens with one attached hydrogen (secondary N) is 2. The Bertz CT molecular complexity index is 454. The third-order valence-electron chi connectivity index (χ3n) is 3.45. The van der Waals surface area contributed by atoms with Gasteiger partial charge < -0.3 is 10.6 Å². The predicted molar refractivity (Wildman–Crippen MR) is 73.4 cm³/mol. The van der Waals surface area contributed by atoms with Crippen molar-refractivity contribution < 1.29 is 4.79 Å². The van der Waals surface area contributed by atoms with Crippen LogP contribution < -0.4 is 10.6 Å². The molecule has 0 saturated carbocycles. The first-order chi connectivity index (χ1) is 8.70. The van der Waals surface area contributed by atoms with Crippen LogP contribution in [0.1, 0.15) is 42.5 Å². The number of amides is 2. The van der Waals surface area contributed by atoms with Gasteiger partial charge in [0.25, 0.3) is 0 Å². The molecule has 0 heterocycles. The topological polar surface area (TPSA) is 41.1 Å². The Balaban J connectivity index is 2.08. The number of carbonyl (C=O) groups excluding carboxylic acids is 1. The van der Waals surface area contributed by atoms with E-state index in [1.807, 2.05) is 6.92 Å². The van der Waals surface area contributed by atoms with E-state index in [-0.39, 0.29) is 12.1 Å². The number of hydrogen-bond acceptors (Lipinski definition) is 1. The van der Waals surface area contributed by atoms with Gasteiger partial charge in [-0.3, -0.25) is 0 Å². The highest BCUT2D eigenvalue weighted by Crippen LogP contribution is 2.24. The first kappa shape index (κ1) is 12.7. The van der Waals surface area contributed by atoms with Crippen molar-refractivity contribution in [3.63, 3.8) is 0 Å². The van der Waals surface area contributed by atoms with E-state index in [1.54, 1.807) is 0 Å². The molecule has 0 aromatic heterocycles. The van der Waals surface area contributed by atoms with E-state index in [2.05, 4.69) is 35.4 Å². The fourth-order valence-electron chi connectivity index (χ4n) is 2.44. The number of rotatable bonds is 3. The molecule has 1 aromatic carbocycles. The first-order valence-corrected chi connectivity index (χ1v) is 6.50. The van der Waals surface area contributed by atoms with E-state index in [4.69, 9.17) is 0 Å². The molecule has 1 aliphatic rings. The second-order valence-electron chi connectivity index (χ2n) is 4.78. The van der Waals surface area contributed by atoms with E-state index < -0.39 is 0 Å². The summed E-state index contributed by atoms with van der Waals surface area (Å²) in [7, 11) is 0. The average molecular weight is 244 g/mol. The normalized spacial score (nSPS) is 15.4. The average Bonchev–Trinajstić information content (AvgIpc) is 2.38. The van der Waals surface area contributed by atoms with Crippen LogP contribution in [0, 0.1) is 0 Å². The van der Waals surface area contributed by atoms with Crippen molar-refractivity contribution in [3.05, 3.63) is 47.7 Å². The van der Waals surface area contributed by atoms with Gasteiger partial charge in [0, 0.05) is 0 Å². The summed E-state index contributed by atoms with van der Waals surface area (Å²) in [5.41, 5.74) is 4.07. The van der Waals surface area contributed by atoms with Crippen molar-refractivity contribution in [1.29, 1.82) is 0 Å². The summed E-state index contributed by atoms with van der Waals surface area (Å²) >= 11 is 0. The van der Waals surface area contributed by atoms with Gasteiger partial charge in [0.2, 0.25) is 0 Å². The summed E-state index contributed by atoms with van der Waals surface area (Å²) in [5.74, 6) is 0. The molecule has 0 spiro atoms. The minimum Gasteiger partial charge on any atom is -0.331 e. The highest BCUT2D eigenvalue weighted by atomic mass is 16.2. The van der Waals surface area contributed by atoms with Crippen molar-refractivity contribution in [2.45, 2.75) is 38.6 Å². The first-order valence-electron chi connectivity index (χ1n) is 6.50. The van der Waals surface area contributed by atoms with Crippen molar-refractivity contribution in [2.24, 2.45) is 0 Å². The number of carbonyl (C=O) groups is 1. The molecule has 2 rings (SSSR count). The molecule has 2 amide bonds. The molecule has 3 heteroatoms. The van der Waals surface area contributed by atoms with Crippen LogP contribution in [-0.2, 0) is 12.8 Å². The van der Waals surface area contributed by atoms with Gasteiger partial charge in [-0.1, -0.05) is 24.8 Å². The van der Waals surface area contributed by atoms with Crippen molar-refractivity contribution in [1.82, 2.24) is 10.6 Å². The second kappa shape index (κ2) is 5.71. The minimum atomic E-state index is -0.213. The Morgan fingerprint density at radius 3 is 2.78 bits per heavy atom. The zero-order valence-corrected chi connectivity index (χ0v) is 10.8. The maximum Gasteiger partial charge on any atom is 0.319 e. The van der Waals surface area contributed by atoms with Crippen molar-refractivity contribution in [3.8, 4) is 0 Å². The Labute approximate surface area is 108 Å². The quantitative estimate of drug-likeness (QED) is 0.843. The van der Waals surface area contributed by atoms with Crippen LogP contribution in [0.3, 0.4) is 0 Å². The third kappa shape index (κ3) is 2.92. The molecular formula is C15H20N2O. The number of urea groups is 1. The molecule has 18 heavy (non-hydrogen) atoms. The lowest BCUT2D eigenvalue weighted by Gasteiger charge is -2.19. The van der Waals surface area contributed by atoms with Crippen molar-refractivity contribution in [2.75, 3.05) is 0 Å². The molecule has 0 radical (unpaired) electrons. The molecule has 2 N–H and O–H groups in total.